The van der Waals surface area contributed by atoms with E-state index in [1.165, 1.54) is 0 Å². The van der Waals surface area contributed by atoms with E-state index in [9.17, 15) is 19.2 Å². The first-order valence-electron chi connectivity index (χ1n) is 27.4. The predicted octanol–water partition coefficient (Wildman–Crippen LogP) is 11.0. The van der Waals surface area contributed by atoms with E-state index >= 15 is 0 Å². The van der Waals surface area contributed by atoms with Crippen LogP contribution in [-0.2, 0) is 78.5 Å². The van der Waals surface area contributed by atoms with Gasteiger partial charge in [0.05, 0.1) is 55.3 Å². The summed E-state index contributed by atoms with van der Waals surface area (Å²) in [5, 5.41) is 0. The van der Waals surface area contributed by atoms with Crippen molar-refractivity contribution in [1.82, 2.24) is 0 Å². The van der Waals surface area contributed by atoms with Crippen molar-refractivity contribution in [3.05, 3.63) is 287 Å². The minimum atomic E-state index is -1.76. The third-order valence-electron chi connectivity index (χ3n) is 13.8. The van der Waals surface area contributed by atoms with E-state index in [1.54, 1.807) is 121 Å². The third-order valence-corrected chi connectivity index (χ3v) is 13.8. The van der Waals surface area contributed by atoms with Gasteiger partial charge in [0.2, 0.25) is 0 Å². The summed E-state index contributed by atoms with van der Waals surface area (Å²) in [5.41, 5.74) is 4.02. The predicted molar refractivity (Wildman–Crippen MR) is 303 cm³/mol. The summed E-state index contributed by atoms with van der Waals surface area (Å²) in [6, 6.07) is 71.1. The van der Waals surface area contributed by atoms with Gasteiger partial charge in [-0.2, -0.15) is 0 Å². The fourth-order valence-electron chi connectivity index (χ4n) is 9.62. The van der Waals surface area contributed by atoms with E-state index in [2.05, 4.69) is 0 Å². The summed E-state index contributed by atoms with van der Waals surface area (Å²) >= 11 is 0. The zero-order valence-electron chi connectivity index (χ0n) is 45.2. The van der Waals surface area contributed by atoms with E-state index in [1.807, 2.05) is 121 Å². The van der Waals surface area contributed by atoms with E-state index < -0.39 is 91.9 Å². The van der Waals surface area contributed by atoms with Crippen molar-refractivity contribution in [1.29, 1.82) is 0 Å². The molecule has 424 valence electrons. The van der Waals surface area contributed by atoms with Crippen LogP contribution in [-0.4, -0.2) is 98.5 Å². The monoisotopic (exact) mass is 1120 g/mol. The van der Waals surface area contributed by atoms with Gasteiger partial charge in [0, 0.05) is 0 Å². The standard InChI is InChI=1S/C68H62O15/c69-63(51-33-17-5-18-34-51)76-46-56-58(80-64(70)52-35-19-6-20-36-52)60(81-65(71)53-37-21-7-22-38-53)62(82-66(72)54-39-23-8-24-40-54)68(79-56)83-57-55(45-73-41-47-25-9-1-10-26-47)78-67(77-44-50-31-15-4-16-32-50)61(75-43-49-29-13-3-14-30-49)59(57)74-42-48-27-11-2-12-28-48/h1-40,55-62,67-68H,41-46H2/t55-,56-,57-,58-,59+,60+,61-,62-,67-,68+/m1/s1. The molecule has 8 aromatic rings. The molecule has 2 fully saturated rings. The third kappa shape index (κ3) is 15.9. The van der Waals surface area contributed by atoms with Gasteiger partial charge in [0.25, 0.3) is 0 Å². The van der Waals surface area contributed by atoms with Crippen LogP contribution < -0.4 is 0 Å². The summed E-state index contributed by atoms with van der Waals surface area (Å²) < 4.78 is 73.8. The maximum atomic E-state index is 14.7. The first-order chi connectivity index (χ1) is 40.8. The number of esters is 4. The molecule has 8 aromatic carbocycles. The summed E-state index contributed by atoms with van der Waals surface area (Å²) in [6.45, 7) is -0.282. The lowest BCUT2D eigenvalue weighted by molar-refractivity contribution is -0.368. The molecule has 2 aliphatic heterocycles. The second-order valence-electron chi connectivity index (χ2n) is 19.7. The van der Waals surface area contributed by atoms with Gasteiger partial charge in [-0.05, 0) is 70.8 Å². The van der Waals surface area contributed by atoms with Crippen LogP contribution in [0.2, 0.25) is 0 Å². The Morgan fingerprint density at radius 3 is 1.08 bits per heavy atom. The normalized spacial score (nSPS) is 22.1. The maximum Gasteiger partial charge on any atom is 0.338 e. The minimum Gasteiger partial charge on any atom is -0.459 e. The average molecular weight is 1120 g/mol. The summed E-state index contributed by atoms with van der Waals surface area (Å²) in [6.07, 6.45) is -14.0. The second kappa shape index (κ2) is 29.4. The summed E-state index contributed by atoms with van der Waals surface area (Å²) in [5.74, 6) is -3.32. The molecule has 15 heteroatoms. The molecule has 0 radical (unpaired) electrons. The molecule has 10 rings (SSSR count). The number of rotatable bonds is 24. The van der Waals surface area contributed by atoms with E-state index in [0.717, 1.165) is 22.3 Å². The molecule has 0 bridgehead atoms. The Balaban J connectivity index is 1.10. The van der Waals surface area contributed by atoms with Crippen molar-refractivity contribution in [3.8, 4) is 0 Å². The molecule has 0 unspecified atom stereocenters. The number of carbonyl (C=O) groups is 4. The van der Waals surface area contributed by atoms with Crippen LogP contribution in [0.3, 0.4) is 0 Å². The van der Waals surface area contributed by atoms with E-state index in [0.29, 0.717) is 0 Å². The zero-order chi connectivity index (χ0) is 57.0. The highest BCUT2D eigenvalue weighted by Gasteiger charge is 2.57. The highest BCUT2D eigenvalue weighted by Crippen LogP contribution is 2.37. The van der Waals surface area contributed by atoms with Crippen molar-refractivity contribution in [2.45, 2.75) is 87.8 Å². The molecule has 0 spiro atoms. The zero-order valence-corrected chi connectivity index (χ0v) is 45.2. The summed E-state index contributed by atoms with van der Waals surface area (Å²) in [4.78, 5) is 57.5. The van der Waals surface area contributed by atoms with Gasteiger partial charge in [-0.25, -0.2) is 19.2 Å². The van der Waals surface area contributed by atoms with Crippen molar-refractivity contribution in [2.75, 3.05) is 13.2 Å². The highest BCUT2D eigenvalue weighted by atomic mass is 16.8. The van der Waals surface area contributed by atoms with Crippen molar-refractivity contribution < 1.29 is 71.3 Å². The molecule has 2 heterocycles. The first kappa shape index (κ1) is 57.6. The number of hydrogen-bond donors (Lipinski definition) is 0. The van der Waals surface area contributed by atoms with Crippen molar-refractivity contribution in [3.63, 3.8) is 0 Å². The van der Waals surface area contributed by atoms with Crippen LogP contribution in [0.1, 0.15) is 63.7 Å². The van der Waals surface area contributed by atoms with Crippen molar-refractivity contribution >= 4 is 23.9 Å². The van der Waals surface area contributed by atoms with Crippen LogP contribution in [0, 0.1) is 0 Å². The lowest BCUT2D eigenvalue weighted by atomic mass is 9.95. The molecule has 10 atom stereocenters. The molecule has 2 aliphatic rings. The molecular weight excluding hydrogens is 1060 g/mol. The first-order valence-corrected chi connectivity index (χ1v) is 27.4. The van der Waals surface area contributed by atoms with Crippen LogP contribution >= 0.6 is 0 Å². The molecule has 0 saturated carbocycles. The molecule has 0 amide bonds. The number of ether oxygens (including phenoxy) is 11. The Kier molecular flexibility index (Phi) is 20.4. The van der Waals surface area contributed by atoms with Gasteiger partial charge in [0.15, 0.2) is 30.9 Å². The molecule has 0 aromatic heterocycles. The SMILES string of the molecule is O=C(OC[C@H]1O[C@@H](O[C@H]2[C@H](OCc3ccccc3)[C@@H](OCc3ccccc3)[C@H](OCc3ccccc3)O[C@@H]2COCc2ccccc2)[C@H](OC(=O)c2ccccc2)[C@@H](OC(=O)c2ccccc2)[C@@H]1OC(=O)c1ccccc1)c1ccccc1. The van der Waals surface area contributed by atoms with Crippen LogP contribution in [0.25, 0.3) is 0 Å². The van der Waals surface area contributed by atoms with Gasteiger partial charge < -0.3 is 52.1 Å². The molecule has 2 saturated heterocycles. The van der Waals surface area contributed by atoms with Crippen molar-refractivity contribution in [2.24, 2.45) is 0 Å². The van der Waals surface area contributed by atoms with Gasteiger partial charge in [-0.3, -0.25) is 0 Å². The fourth-order valence-corrected chi connectivity index (χ4v) is 9.62. The van der Waals surface area contributed by atoms with Crippen LogP contribution in [0.4, 0.5) is 0 Å². The van der Waals surface area contributed by atoms with Gasteiger partial charge >= 0.3 is 23.9 Å². The molecule has 0 aliphatic carbocycles. The minimum absolute atomic E-state index is 0.0460. The Labute approximate surface area is 481 Å². The smallest absolute Gasteiger partial charge is 0.338 e. The molecule has 15 nitrogen and oxygen atoms in total. The molecule has 0 N–H and O–H groups in total. The van der Waals surface area contributed by atoms with E-state index in [-0.39, 0.29) is 55.3 Å². The maximum absolute atomic E-state index is 14.7. The lowest BCUT2D eigenvalue weighted by Crippen LogP contribution is -2.67. The largest absolute Gasteiger partial charge is 0.459 e. The van der Waals surface area contributed by atoms with Crippen LogP contribution in [0.15, 0.2) is 243 Å². The van der Waals surface area contributed by atoms with Crippen LogP contribution in [0.5, 0.6) is 0 Å². The second-order valence-corrected chi connectivity index (χ2v) is 19.7. The number of benzene rings is 8. The Morgan fingerprint density at radius 1 is 0.301 bits per heavy atom. The Morgan fingerprint density at radius 2 is 0.639 bits per heavy atom. The van der Waals surface area contributed by atoms with Gasteiger partial charge in [0.1, 0.15) is 37.1 Å². The lowest BCUT2D eigenvalue weighted by Gasteiger charge is -2.49. The Hall–Kier alpha value is -8.64. The number of hydrogen-bond acceptors (Lipinski definition) is 15. The number of carbonyl (C=O) groups excluding carboxylic acids is 4. The highest BCUT2D eigenvalue weighted by molar-refractivity contribution is 5.91. The quantitative estimate of drug-likeness (QED) is 0.0413. The summed E-state index contributed by atoms with van der Waals surface area (Å²) in [7, 11) is 0. The average Bonchev–Trinajstić information content (AvgIpc) is 3.74. The molecular formula is C68H62O15. The Bertz CT molecular complexity index is 3250. The topological polar surface area (TPSA) is 170 Å². The van der Waals surface area contributed by atoms with E-state index in [4.69, 9.17) is 52.1 Å². The fraction of sp³-hybridized carbons (Fsp3) is 0.235. The van der Waals surface area contributed by atoms with Gasteiger partial charge in [-0.15, -0.1) is 0 Å². The van der Waals surface area contributed by atoms with Gasteiger partial charge in [-0.1, -0.05) is 194 Å². The molecule has 83 heavy (non-hydrogen) atoms.